The lowest BCUT2D eigenvalue weighted by atomic mass is 10.2. The van der Waals surface area contributed by atoms with Crippen molar-refractivity contribution in [3.63, 3.8) is 0 Å². The van der Waals surface area contributed by atoms with Crippen LogP contribution in [0.3, 0.4) is 0 Å². The molecule has 1 atom stereocenters. The number of hydrogen-bond acceptors (Lipinski definition) is 3. The van der Waals surface area contributed by atoms with Crippen LogP contribution in [0.4, 0.5) is 5.69 Å². The Labute approximate surface area is 166 Å². The van der Waals surface area contributed by atoms with Crippen LogP contribution >= 0.6 is 0 Å². The maximum absolute atomic E-state index is 12.6. The number of rotatable bonds is 6. The number of carbonyl (C=O) groups excluding carboxylic acids is 2. The van der Waals surface area contributed by atoms with Gasteiger partial charge in [-0.3, -0.25) is 9.59 Å². The van der Waals surface area contributed by atoms with Gasteiger partial charge in [-0.15, -0.1) is 0 Å². The Bertz CT molecular complexity index is 784. The van der Waals surface area contributed by atoms with Crippen LogP contribution in [0.2, 0.25) is 0 Å². The topological polar surface area (TPSA) is 63.1 Å². The van der Waals surface area contributed by atoms with Crippen molar-refractivity contribution in [2.24, 2.45) is 0 Å². The van der Waals surface area contributed by atoms with E-state index in [1.807, 2.05) is 66.4 Å². The molecule has 0 unspecified atom stereocenters. The molecular weight excluding hydrogens is 354 g/mol. The largest absolute Gasteiger partial charge is 0.489 e. The van der Waals surface area contributed by atoms with Crippen molar-refractivity contribution >= 4 is 17.5 Å². The Morgan fingerprint density at radius 2 is 1.71 bits per heavy atom. The van der Waals surface area contributed by atoms with Crippen LogP contribution in [0.15, 0.2) is 54.6 Å². The lowest BCUT2D eigenvalue weighted by Gasteiger charge is -2.34. The third-order valence-corrected chi connectivity index (χ3v) is 5.23. The highest BCUT2D eigenvalue weighted by Crippen LogP contribution is 2.17. The SMILES string of the molecule is CC(=O)N1CC[NH+]([C@H](C)C(=O)Nc2ccc(OCc3ccccc3)cc2)CC1. The van der Waals surface area contributed by atoms with Crippen LogP contribution in [-0.2, 0) is 16.2 Å². The molecule has 1 aliphatic heterocycles. The molecule has 0 bridgehead atoms. The molecule has 2 amide bonds. The predicted molar refractivity (Wildman–Crippen MR) is 108 cm³/mol. The summed E-state index contributed by atoms with van der Waals surface area (Å²) in [6, 6.07) is 17.3. The summed E-state index contributed by atoms with van der Waals surface area (Å²) in [6.07, 6.45) is 0. The minimum Gasteiger partial charge on any atom is -0.489 e. The van der Waals surface area contributed by atoms with Crippen molar-refractivity contribution in [2.75, 3.05) is 31.5 Å². The number of nitrogens with one attached hydrogen (secondary N) is 2. The molecule has 148 valence electrons. The number of nitrogens with zero attached hydrogens (tertiary/aromatic N) is 1. The lowest BCUT2D eigenvalue weighted by molar-refractivity contribution is -0.917. The fraction of sp³-hybridized carbons (Fsp3) is 0.364. The van der Waals surface area contributed by atoms with Crippen molar-refractivity contribution in [1.29, 1.82) is 0 Å². The van der Waals surface area contributed by atoms with Crippen molar-refractivity contribution in [2.45, 2.75) is 26.5 Å². The minimum absolute atomic E-state index is 0.00997. The van der Waals surface area contributed by atoms with Gasteiger partial charge in [0, 0.05) is 12.6 Å². The fourth-order valence-corrected chi connectivity index (χ4v) is 3.35. The molecule has 0 radical (unpaired) electrons. The zero-order chi connectivity index (χ0) is 19.9. The number of benzene rings is 2. The second kappa shape index (κ2) is 9.37. The monoisotopic (exact) mass is 382 g/mol. The van der Waals surface area contributed by atoms with E-state index in [4.69, 9.17) is 4.74 Å². The molecule has 0 saturated carbocycles. The van der Waals surface area contributed by atoms with Crippen molar-refractivity contribution in [1.82, 2.24) is 4.90 Å². The van der Waals surface area contributed by atoms with Crippen LogP contribution in [0.1, 0.15) is 19.4 Å². The van der Waals surface area contributed by atoms with E-state index in [0.717, 1.165) is 30.1 Å². The van der Waals surface area contributed by atoms with Gasteiger partial charge in [0.1, 0.15) is 12.4 Å². The van der Waals surface area contributed by atoms with Crippen LogP contribution in [0.5, 0.6) is 5.75 Å². The predicted octanol–water partition coefficient (Wildman–Crippen LogP) is 1.34. The van der Waals surface area contributed by atoms with Crippen molar-refractivity contribution < 1.29 is 19.2 Å². The van der Waals surface area contributed by atoms with Crippen LogP contribution in [0, 0.1) is 0 Å². The van der Waals surface area contributed by atoms with Gasteiger partial charge in [0.05, 0.1) is 26.2 Å². The molecule has 1 fully saturated rings. The van der Waals surface area contributed by atoms with Crippen molar-refractivity contribution in [3.8, 4) is 5.75 Å². The van der Waals surface area contributed by atoms with Crippen LogP contribution in [-0.4, -0.2) is 48.9 Å². The molecule has 0 spiro atoms. The average molecular weight is 382 g/mol. The fourth-order valence-electron chi connectivity index (χ4n) is 3.35. The number of quaternary nitrogens is 1. The van der Waals surface area contributed by atoms with Gasteiger partial charge in [0.25, 0.3) is 5.91 Å². The molecule has 28 heavy (non-hydrogen) atoms. The normalized spacial score (nSPS) is 15.7. The number of hydrogen-bond donors (Lipinski definition) is 2. The first-order valence-electron chi connectivity index (χ1n) is 9.70. The lowest BCUT2D eigenvalue weighted by Crippen LogP contribution is -3.19. The molecule has 2 N–H and O–H groups in total. The number of carbonyl (C=O) groups is 2. The number of ether oxygens (including phenoxy) is 1. The van der Waals surface area contributed by atoms with Gasteiger partial charge in [-0.1, -0.05) is 30.3 Å². The third-order valence-electron chi connectivity index (χ3n) is 5.23. The highest BCUT2D eigenvalue weighted by atomic mass is 16.5. The maximum Gasteiger partial charge on any atom is 0.282 e. The standard InChI is InChI=1S/C22H27N3O3/c1-17(24-12-14-25(15-13-24)18(2)26)22(27)23-20-8-10-21(11-9-20)28-16-19-6-4-3-5-7-19/h3-11,17H,12-16H2,1-2H3,(H,23,27)/p+1/t17-/m1/s1. The molecule has 2 aromatic rings. The first-order valence-corrected chi connectivity index (χ1v) is 9.70. The Hall–Kier alpha value is -2.86. The van der Waals surface area contributed by atoms with E-state index in [2.05, 4.69) is 5.32 Å². The molecular formula is C22H28N3O3+. The minimum atomic E-state index is -0.164. The number of amides is 2. The zero-order valence-electron chi connectivity index (χ0n) is 16.5. The van der Waals surface area contributed by atoms with E-state index >= 15 is 0 Å². The number of piperazine rings is 1. The molecule has 2 aromatic carbocycles. The average Bonchev–Trinajstić information content (AvgIpc) is 2.73. The highest BCUT2D eigenvalue weighted by Gasteiger charge is 2.29. The summed E-state index contributed by atoms with van der Waals surface area (Å²) >= 11 is 0. The second-order valence-corrected chi connectivity index (χ2v) is 7.17. The maximum atomic E-state index is 12.6. The summed E-state index contributed by atoms with van der Waals surface area (Å²) in [5.41, 5.74) is 1.87. The summed E-state index contributed by atoms with van der Waals surface area (Å²) < 4.78 is 5.78. The van der Waals surface area contributed by atoms with E-state index in [1.54, 1.807) is 6.92 Å². The molecule has 1 saturated heterocycles. The van der Waals surface area contributed by atoms with Gasteiger partial charge in [-0.25, -0.2) is 0 Å². The van der Waals surface area contributed by atoms with Crippen LogP contribution in [0.25, 0.3) is 0 Å². The Kier molecular flexibility index (Phi) is 6.66. The Balaban J connectivity index is 1.48. The number of anilines is 1. The summed E-state index contributed by atoms with van der Waals surface area (Å²) in [5, 5.41) is 2.98. The first kappa shape index (κ1) is 19.9. The van der Waals surface area contributed by atoms with Gasteiger partial charge < -0.3 is 19.9 Å². The third kappa shape index (κ3) is 5.33. The highest BCUT2D eigenvalue weighted by molar-refractivity contribution is 5.93. The molecule has 0 aromatic heterocycles. The van der Waals surface area contributed by atoms with Crippen molar-refractivity contribution in [3.05, 3.63) is 60.2 Å². The zero-order valence-corrected chi connectivity index (χ0v) is 16.5. The summed E-state index contributed by atoms with van der Waals surface area (Å²) in [5.74, 6) is 0.857. The van der Waals surface area contributed by atoms with E-state index in [1.165, 1.54) is 4.90 Å². The van der Waals surface area contributed by atoms with E-state index in [0.29, 0.717) is 19.7 Å². The summed E-state index contributed by atoms with van der Waals surface area (Å²) in [4.78, 5) is 27.1. The second-order valence-electron chi connectivity index (χ2n) is 7.17. The summed E-state index contributed by atoms with van der Waals surface area (Å²) in [7, 11) is 0. The van der Waals surface area contributed by atoms with Gasteiger partial charge in [-0.05, 0) is 36.8 Å². The molecule has 1 aliphatic rings. The summed E-state index contributed by atoms with van der Waals surface area (Å²) in [6.45, 7) is 7.03. The van der Waals surface area contributed by atoms with Crippen LogP contribution < -0.4 is 15.0 Å². The van der Waals surface area contributed by atoms with E-state index in [9.17, 15) is 9.59 Å². The smallest absolute Gasteiger partial charge is 0.282 e. The van der Waals surface area contributed by atoms with Gasteiger partial charge in [0.15, 0.2) is 6.04 Å². The molecule has 1 heterocycles. The first-order chi connectivity index (χ1) is 13.5. The van der Waals surface area contributed by atoms with Gasteiger partial charge >= 0.3 is 0 Å². The van der Waals surface area contributed by atoms with E-state index in [-0.39, 0.29) is 17.9 Å². The van der Waals surface area contributed by atoms with Gasteiger partial charge in [-0.2, -0.15) is 0 Å². The molecule has 6 heteroatoms. The molecule has 0 aliphatic carbocycles. The quantitative estimate of drug-likeness (QED) is 0.793. The molecule has 3 rings (SSSR count). The Morgan fingerprint density at radius 3 is 2.32 bits per heavy atom. The molecule has 6 nitrogen and oxygen atoms in total. The Morgan fingerprint density at radius 1 is 1.07 bits per heavy atom. The van der Waals surface area contributed by atoms with E-state index < -0.39 is 0 Å². The van der Waals surface area contributed by atoms with Gasteiger partial charge in [0.2, 0.25) is 5.91 Å².